The van der Waals surface area contributed by atoms with Crippen molar-refractivity contribution in [3.8, 4) is 28.2 Å². The zero-order valence-electron chi connectivity index (χ0n) is 26.2. The third-order valence-corrected chi connectivity index (χ3v) is 11.1. The number of para-hydroxylation sites is 4. The second-order valence-corrected chi connectivity index (χ2v) is 13.7. The first-order valence-corrected chi connectivity index (χ1v) is 17.3. The van der Waals surface area contributed by atoms with Crippen LogP contribution in [0.5, 0.6) is 0 Å². The quantitative estimate of drug-likeness (QED) is 0.192. The first-order valence-electron chi connectivity index (χ1n) is 16.5. The minimum atomic E-state index is 0.835. The van der Waals surface area contributed by atoms with E-state index in [0.717, 1.165) is 44.6 Å². The molecule has 0 spiro atoms. The van der Waals surface area contributed by atoms with Gasteiger partial charge in [0.1, 0.15) is 5.65 Å². The fourth-order valence-electron chi connectivity index (χ4n) is 7.67. The molecule has 0 atom stereocenters. The molecule has 5 heteroatoms. The lowest BCUT2D eigenvalue weighted by Crippen LogP contribution is -2.06. The lowest BCUT2D eigenvalue weighted by atomic mass is 9.99. The first kappa shape index (κ1) is 26.7. The molecule has 0 aliphatic rings. The molecule has 49 heavy (non-hydrogen) atoms. The maximum atomic E-state index is 5.33. The minimum absolute atomic E-state index is 0.835. The summed E-state index contributed by atoms with van der Waals surface area (Å²) in [6, 6.07) is 56.5. The molecule has 0 amide bonds. The Hall–Kier alpha value is -6.30. The van der Waals surface area contributed by atoms with Gasteiger partial charge in [0.15, 0.2) is 0 Å². The van der Waals surface area contributed by atoms with Crippen molar-refractivity contribution in [1.82, 2.24) is 18.9 Å². The zero-order chi connectivity index (χ0) is 32.1. The molecule has 0 N–H and O–H groups in total. The summed E-state index contributed by atoms with van der Waals surface area (Å²) in [5, 5.41) is 6.04. The molecule has 0 fully saturated rings. The Labute approximate surface area is 284 Å². The van der Waals surface area contributed by atoms with Crippen molar-refractivity contribution in [2.75, 3.05) is 0 Å². The summed E-state index contributed by atoms with van der Waals surface area (Å²) >= 11 is 1.88. The third-order valence-electron chi connectivity index (χ3n) is 9.91. The third kappa shape index (κ3) is 3.85. The fraction of sp³-hybridized carbons (Fsp3) is 0. The highest BCUT2D eigenvalue weighted by Gasteiger charge is 2.20. The van der Waals surface area contributed by atoms with Crippen LogP contribution >= 0.6 is 11.3 Å². The molecule has 0 aliphatic carbocycles. The number of rotatable bonds is 3. The maximum absolute atomic E-state index is 5.33. The molecule has 4 aromatic heterocycles. The van der Waals surface area contributed by atoms with Crippen molar-refractivity contribution in [2.45, 2.75) is 0 Å². The van der Waals surface area contributed by atoms with Crippen LogP contribution in [0.1, 0.15) is 0 Å². The lowest BCUT2D eigenvalue weighted by Gasteiger charge is -2.12. The van der Waals surface area contributed by atoms with Crippen molar-refractivity contribution in [3.63, 3.8) is 0 Å². The van der Waals surface area contributed by atoms with Gasteiger partial charge in [-0.05, 0) is 76.9 Å². The average Bonchev–Trinajstić information content (AvgIpc) is 3.84. The van der Waals surface area contributed by atoms with E-state index in [1.54, 1.807) is 0 Å². The van der Waals surface area contributed by atoms with E-state index >= 15 is 0 Å². The molecule has 4 heterocycles. The Morgan fingerprint density at radius 2 is 1.12 bits per heavy atom. The van der Waals surface area contributed by atoms with E-state index in [0.29, 0.717) is 0 Å². The van der Waals surface area contributed by atoms with Crippen molar-refractivity contribution in [1.29, 1.82) is 0 Å². The predicted molar refractivity (Wildman–Crippen MR) is 206 cm³/mol. The molecule has 0 bridgehead atoms. The predicted octanol–water partition coefficient (Wildman–Crippen LogP) is 11.8. The Balaban J connectivity index is 1.16. The van der Waals surface area contributed by atoms with E-state index in [9.17, 15) is 0 Å². The van der Waals surface area contributed by atoms with E-state index < -0.39 is 0 Å². The highest BCUT2D eigenvalue weighted by Crippen LogP contribution is 2.43. The second-order valence-electron chi connectivity index (χ2n) is 12.6. The van der Waals surface area contributed by atoms with Crippen molar-refractivity contribution in [2.24, 2.45) is 0 Å². The van der Waals surface area contributed by atoms with Crippen molar-refractivity contribution in [3.05, 3.63) is 158 Å². The highest BCUT2D eigenvalue weighted by molar-refractivity contribution is 7.26. The molecule has 0 aliphatic heterocycles. The number of hydrogen-bond acceptors (Lipinski definition) is 3. The summed E-state index contributed by atoms with van der Waals surface area (Å²) in [6.45, 7) is 0. The highest BCUT2D eigenvalue weighted by atomic mass is 32.1. The van der Waals surface area contributed by atoms with Crippen LogP contribution in [0.4, 0.5) is 0 Å². The summed E-state index contributed by atoms with van der Waals surface area (Å²) in [5.41, 5.74) is 11.0. The van der Waals surface area contributed by atoms with E-state index in [2.05, 4.69) is 155 Å². The summed E-state index contributed by atoms with van der Waals surface area (Å²) in [7, 11) is 0. The number of fused-ring (bicyclic) bond motifs is 11. The van der Waals surface area contributed by atoms with Gasteiger partial charge in [0, 0.05) is 36.3 Å². The summed E-state index contributed by atoms with van der Waals surface area (Å²) in [5.74, 6) is 0.835. The first-order chi connectivity index (χ1) is 24.3. The van der Waals surface area contributed by atoms with Gasteiger partial charge in [-0.25, -0.2) is 9.97 Å². The zero-order valence-corrected chi connectivity index (χ0v) is 27.0. The summed E-state index contributed by atoms with van der Waals surface area (Å²) in [6.07, 6.45) is 0. The van der Waals surface area contributed by atoms with Crippen LogP contribution in [0.25, 0.3) is 97.8 Å². The van der Waals surface area contributed by atoms with Gasteiger partial charge in [-0.15, -0.1) is 11.3 Å². The molecule has 4 nitrogen and oxygen atoms in total. The molecular formula is C44H26N4S. The topological polar surface area (TPSA) is 35.1 Å². The number of benzene rings is 7. The van der Waals surface area contributed by atoms with Crippen molar-refractivity contribution < 1.29 is 0 Å². The van der Waals surface area contributed by atoms with Gasteiger partial charge in [0.25, 0.3) is 0 Å². The molecule has 0 saturated heterocycles. The molecule has 7 aromatic carbocycles. The van der Waals surface area contributed by atoms with E-state index in [1.807, 2.05) is 23.5 Å². The Morgan fingerprint density at radius 1 is 0.429 bits per heavy atom. The SMILES string of the molecule is c1ccc(-c2ccc3sc4c(-c5ccc6c(c5)c5ccccc5n6-c5nc6ccccc6c6nc7ccccc7n56)cccc4c3c2)cc1. The lowest BCUT2D eigenvalue weighted by molar-refractivity contribution is 0.979. The van der Waals surface area contributed by atoms with Crippen LogP contribution in [0.3, 0.4) is 0 Å². The Bertz CT molecular complexity index is 3110. The fourth-order valence-corrected chi connectivity index (χ4v) is 8.89. The van der Waals surface area contributed by atoms with Gasteiger partial charge in [-0.2, -0.15) is 0 Å². The summed E-state index contributed by atoms with van der Waals surface area (Å²) in [4.78, 5) is 10.4. The minimum Gasteiger partial charge on any atom is -0.279 e. The van der Waals surface area contributed by atoms with Crippen LogP contribution in [0.15, 0.2) is 158 Å². The Kier molecular flexibility index (Phi) is 5.51. The molecule has 0 unspecified atom stereocenters. The number of nitrogens with zero attached hydrogens (tertiary/aromatic N) is 4. The monoisotopic (exact) mass is 642 g/mol. The van der Waals surface area contributed by atoms with Gasteiger partial charge in [-0.3, -0.25) is 8.97 Å². The number of imidazole rings is 1. The van der Waals surface area contributed by atoms with Crippen molar-refractivity contribution >= 4 is 80.9 Å². The Morgan fingerprint density at radius 3 is 2.02 bits per heavy atom. The second kappa shape index (κ2) is 10.1. The molecule has 11 rings (SSSR count). The van der Waals surface area contributed by atoms with Crippen LogP contribution in [-0.2, 0) is 0 Å². The van der Waals surface area contributed by atoms with E-state index in [4.69, 9.17) is 9.97 Å². The maximum Gasteiger partial charge on any atom is 0.221 e. The number of hydrogen-bond donors (Lipinski definition) is 0. The van der Waals surface area contributed by atoms with Crippen LogP contribution < -0.4 is 0 Å². The number of thiophene rings is 1. The van der Waals surface area contributed by atoms with Gasteiger partial charge < -0.3 is 0 Å². The molecule has 0 radical (unpaired) electrons. The molecule has 11 aromatic rings. The summed E-state index contributed by atoms with van der Waals surface area (Å²) < 4.78 is 7.15. The van der Waals surface area contributed by atoms with Gasteiger partial charge in [0.2, 0.25) is 5.95 Å². The van der Waals surface area contributed by atoms with Gasteiger partial charge in [-0.1, -0.05) is 103 Å². The average molecular weight is 643 g/mol. The van der Waals surface area contributed by atoms with Crippen LogP contribution in [0.2, 0.25) is 0 Å². The largest absolute Gasteiger partial charge is 0.279 e. The normalized spacial score (nSPS) is 12.1. The van der Waals surface area contributed by atoms with Gasteiger partial charge in [0.05, 0.1) is 27.6 Å². The number of aromatic nitrogens is 4. The van der Waals surface area contributed by atoms with E-state index in [1.165, 1.54) is 53.2 Å². The van der Waals surface area contributed by atoms with Gasteiger partial charge >= 0.3 is 0 Å². The van der Waals surface area contributed by atoms with Crippen LogP contribution in [-0.4, -0.2) is 18.9 Å². The molecule has 228 valence electrons. The molecule has 0 saturated carbocycles. The smallest absolute Gasteiger partial charge is 0.221 e. The van der Waals surface area contributed by atoms with E-state index in [-0.39, 0.29) is 0 Å². The van der Waals surface area contributed by atoms with Crippen LogP contribution in [0, 0.1) is 0 Å². The standard InChI is InChI=1S/C44H26N4S/c1-2-11-27(12-3-1)28-22-24-41-35(25-28)32-16-10-15-30(42(32)49-41)29-21-23-39-34(26-29)31-13-5-8-19-38(31)47(39)44-46-36-17-6-4-14-33(36)43-45-37-18-7-9-20-40(37)48(43)44/h1-26H. The molecular weight excluding hydrogens is 617 g/mol.